The third-order valence-corrected chi connectivity index (χ3v) is 7.91. The fourth-order valence-electron chi connectivity index (χ4n) is 5.86. The molecule has 0 bridgehead atoms. The summed E-state index contributed by atoms with van der Waals surface area (Å²) in [5, 5.41) is 5.42. The van der Waals surface area contributed by atoms with Crippen LogP contribution in [0.1, 0.15) is 0 Å². The largest absolute Gasteiger partial charge is 0.436 e. The molecule has 9 aromatic rings. The predicted molar refractivity (Wildman–Crippen MR) is 166 cm³/mol. The summed E-state index contributed by atoms with van der Waals surface area (Å²) in [5.74, 6) is 0. The summed E-state index contributed by atoms with van der Waals surface area (Å²) in [4.78, 5) is 19.2. The van der Waals surface area contributed by atoms with E-state index >= 15 is 0 Å². The normalized spacial score (nSPS) is 11.9. The van der Waals surface area contributed by atoms with Gasteiger partial charge in [0.1, 0.15) is 11.1 Å². The number of hydrogen-bond donors (Lipinski definition) is 0. The molecule has 0 N–H and O–H groups in total. The lowest BCUT2D eigenvalue weighted by atomic mass is 9.98. The van der Waals surface area contributed by atoms with Crippen molar-refractivity contribution < 1.29 is 4.42 Å². The fraction of sp³-hybridized carbons (Fsp3) is 0. The van der Waals surface area contributed by atoms with Crippen molar-refractivity contribution in [2.24, 2.45) is 0 Å². The molecule has 5 heteroatoms. The second kappa shape index (κ2) is 8.41. The lowest BCUT2D eigenvalue weighted by molar-refractivity contribution is 0.655. The van der Waals surface area contributed by atoms with Gasteiger partial charge < -0.3 is 4.42 Å². The maximum Gasteiger partial charge on any atom is 0.246 e. The summed E-state index contributed by atoms with van der Waals surface area (Å²) in [7, 11) is 0. The van der Waals surface area contributed by atoms with E-state index in [2.05, 4.69) is 83.8 Å². The van der Waals surface area contributed by atoms with Crippen molar-refractivity contribution in [3.63, 3.8) is 0 Å². The van der Waals surface area contributed by atoms with Crippen LogP contribution in [0.2, 0.25) is 0 Å². The van der Waals surface area contributed by atoms with Crippen molar-refractivity contribution in [1.29, 1.82) is 0 Å². The Labute approximate surface area is 233 Å². The van der Waals surface area contributed by atoms with Crippen LogP contribution >= 0.6 is 0 Å². The molecule has 0 atom stereocenters. The molecule has 0 fully saturated rings. The maximum absolute atomic E-state index is 6.11. The van der Waals surface area contributed by atoms with Gasteiger partial charge in [0.2, 0.25) is 5.71 Å². The topological polar surface area (TPSA) is 64.7 Å². The Kier molecular flexibility index (Phi) is 4.55. The molecule has 0 aliphatic heterocycles. The van der Waals surface area contributed by atoms with E-state index in [1.165, 1.54) is 0 Å². The van der Waals surface area contributed by atoms with Gasteiger partial charge in [0.25, 0.3) is 0 Å². The van der Waals surface area contributed by atoms with Crippen molar-refractivity contribution >= 4 is 65.8 Å². The van der Waals surface area contributed by atoms with Crippen molar-refractivity contribution in [1.82, 2.24) is 19.9 Å². The number of rotatable bonds is 2. The first-order valence-corrected chi connectivity index (χ1v) is 13.6. The molecule has 0 saturated heterocycles. The molecule has 9 rings (SSSR count). The van der Waals surface area contributed by atoms with Crippen LogP contribution in [0.25, 0.3) is 88.2 Å². The summed E-state index contributed by atoms with van der Waals surface area (Å²) < 4.78 is 6.11. The van der Waals surface area contributed by atoms with E-state index in [1.54, 1.807) is 0 Å². The minimum absolute atomic E-state index is 0.567. The standard InChI is InChI=1S/C36H20N4O/c1-2-6-30-29(5-1)39-35-32-27-16-13-25(20-26(27)15-18-31(32)41-36(35)40-30)21-7-9-22(10-8-21)28-17-14-24-12-11-23-4-3-19-37-33(23)34(24)38-28/h1-20H. The number of fused-ring (bicyclic) bond motifs is 9. The second-order valence-electron chi connectivity index (χ2n) is 10.3. The highest BCUT2D eigenvalue weighted by Gasteiger charge is 2.15. The number of aromatic nitrogens is 4. The molecule has 0 aliphatic rings. The van der Waals surface area contributed by atoms with Gasteiger partial charge in [-0.25, -0.2) is 15.0 Å². The fourth-order valence-corrected chi connectivity index (χ4v) is 5.86. The van der Waals surface area contributed by atoms with Crippen LogP contribution in [0.4, 0.5) is 0 Å². The minimum atomic E-state index is 0.567. The zero-order valence-corrected chi connectivity index (χ0v) is 21.7. The number of benzene rings is 5. The first-order chi connectivity index (χ1) is 20.3. The quantitative estimate of drug-likeness (QED) is 0.211. The number of hydrogen-bond acceptors (Lipinski definition) is 5. The first-order valence-electron chi connectivity index (χ1n) is 13.6. The van der Waals surface area contributed by atoms with Gasteiger partial charge in [-0.05, 0) is 58.3 Å². The zero-order valence-electron chi connectivity index (χ0n) is 21.7. The summed E-state index contributed by atoms with van der Waals surface area (Å²) in [6, 6.07) is 39.6. The van der Waals surface area contributed by atoms with E-state index in [4.69, 9.17) is 19.4 Å². The van der Waals surface area contributed by atoms with Gasteiger partial charge in [0.15, 0.2) is 0 Å². The Balaban J connectivity index is 1.12. The van der Waals surface area contributed by atoms with Crippen LogP contribution in [-0.4, -0.2) is 19.9 Å². The summed E-state index contributed by atoms with van der Waals surface area (Å²) in [6.07, 6.45) is 1.82. The maximum atomic E-state index is 6.11. The molecule has 4 aromatic heterocycles. The summed E-state index contributed by atoms with van der Waals surface area (Å²) in [5.41, 5.74) is 10.0. The molecule has 0 spiro atoms. The Bertz CT molecular complexity index is 2480. The van der Waals surface area contributed by atoms with Crippen molar-refractivity contribution in [2.45, 2.75) is 0 Å². The lowest BCUT2D eigenvalue weighted by Crippen LogP contribution is -1.89. The molecular formula is C36H20N4O. The van der Waals surface area contributed by atoms with E-state index in [0.29, 0.717) is 5.71 Å². The van der Waals surface area contributed by atoms with Crippen LogP contribution in [0.15, 0.2) is 126 Å². The number of pyridine rings is 2. The molecule has 5 aromatic carbocycles. The zero-order chi connectivity index (χ0) is 26.9. The molecule has 0 aliphatic carbocycles. The molecule has 0 radical (unpaired) electrons. The van der Waals surface area contributed by atoms with Crippen molar-refractivity contribution in [2.75, 3.05) is 0 Å². The van der Waals surface area contributed by atoms with Crippen molar-refractivity contribution in [3.8, 4) is 22.4 Å². The molecule has 5 nitrogen and oxygen atoms in total. The number of furan rings is 1. The number of para-hydroxylation sites is 2. The van der Waals surface area contributed by atoms with Gasteiger partial charge in [0.05, 0.1) is 33.1 Å². The molecule has 4 heterocycles. The van der Waals surface area contributed by atoms with E-state index < -0.39 is 0 Å². The van der Waals surface area contributed by atoms with Gasteiger partial charge in [-0.15, -0.1) is 0 Å². The molecule has 41 heavy (non-hydrogen) atoms. The van der Waals surface area contributed by atoms with Gasteiger partial charge in [0, 0.05) is 22.5 Å². The highest BCUT2D eigenvalue weighted by atomic mass is 16.3. The molecule has 0 saturated carbocycles. The summed E-state index contributed by atoms with van der Waals surface area (Å²) in [6.45, 7) is 0. The first kappa shape index (κ1) is 22.2. The molecule has 0 unspecified atom stereocenters. The Morgan fingerprint density at radius 3 is 2.10 bits per heavy atom. The second-order valence-corrected chi connectivity index (χ2v) is 10.3. The average molecular weight is 525 g/mol. The van der Waals surface area contributed by atoms with Gasteiger partial charge in [-0.2, -0.15) is 0 Å². The monoisotopic (exact) mass is 524 g/mol. The van der Waals surface area contributed by atoms with Crippen LogP contribution in [-0.2, 0) is 0 Å². The van der Waals surface area contributed by atoms with E-state index in [9.17, 15) is 0 Å². The minimum Gasteiger partial charge on any atom is -0.436 e. The molecule has 190 valence electrons. The van der Waals surface area contributed by atoms with Gasteiger partial charge in [-0.3, -0.25) is 4.98 Å². The molecule has 0 amide bonds. The van der Waals surface area contributed by atoms with E-state index in [1.807, 2.05) is 42.6 Å². The van der Waals surface area contributed by atoms with Crippen LogP contribution in [0.5, 0.6) is 0 Å². The molecular weight excluding hydrogens is 504 g/mol. The Morgan fingerprint density at radius 2 is 1.22 bits per heavy atom. The highest BCUT2D eigenvalue weighted by Crippen LogP contribution is 2.36. The average Bonchev–Trinajstić information content (AvgIpc) is 3.41. The van der Waals surface area contributed by atoms with Crippen LogP contribution < -0.4 is 0 Å². The Morgan fingerprint density at radius 1 is 0.488 bits per heavy atom. The predicted octanol–water partition coefficient (Wildman–Crippen LogP) is 9.11. The van der Waals surface area contributed by atoms with Crippen LogP contribution in [0, 0.1) is 0 Å². The highest BCUT2D eigenvalue weighted by molar-refractivity contribution is 6.18. The van der Waals surface area contributed by atoms with Crippen molar-refractivity contribution in [3.05, 3.63) is 121 Å². The van der Waals surface area contributed by atoms with Gasteiger partial charge >= 0.3 is 0 Å². The number of nitrogens with zero attached hydrogens (tertiary/aromatic N) is 4. The van der Waals surface area contributed by atoms with Gasteiger partial charge in [-0.1, -0.05) is 78.9 Å². The lowest BCUT2D eigenvalue weighted by Gasteiger charge is -2.08. The SMILES string of the molecule is c1cnc2c(c1)ccc1ccc(-c3ccc(-c4ccc5c(ccc6oc7nc8ccccc8nc7c65)c4)cc3)nc12. The summed E-state index contributed by atoms with van der Waals surface area (Å²) >= 11 is 0. The van der Waals surface area contributed by atoms with E-state index in [-0.39, 0.29) is 0 Å². The Hall–Kier alpha value is -5.68. The van der Waals surface area contributed by atoms with E-state index in [0.717, 1.165) is 82.5 Å². The third-order valence-electron chi connectivity index (χ3n) is 7.91. The van der Waals surface area contributed by atoms with Crippen LogP contribution in [0.3, 0.4) is 0 Å². The smallest absolute Gasteiger partial charge is 0.246 e. The third kappa shape index (κ3) is 3.42.